The molecule has 2 atom stereocenters. The number of nitrogens with two attached hydrogens (primary N) is 1. The molecule has 5 nitrogen and oxygen atoms in total. The Bertz CT molecular complexity index is 350. The van der Waals surface area contributed by atoms with Gasteiger partial charge in [-0.05, 0) is 19.3 Å². The highest BCUT2D eigenvalue weighted by Gasteiger charge is 2.22. The molecule has 0 bridgehead atoms. The fraction of sp³-hybridized carbons (Fsp3) is 0.889. The van der Waals surface area contributed by atoms with Gasteiger partial charge in [0.05, 0.1) is 0 Å². The van der Waals surface area contributed by atoms with Gasteiger partial charge < -0.3 is 16.4 Å². The van der Waals surface area contributed by atoms with Gasteiger partial charge in [-0.2, -0.15) is 0 Å². The summed E-state index contributed by atoms with van der Waals surface area (Å²) in [5.41, 5.74) is 5.39. The van der Waals surface area contributed by atoms with Gasteiger partial charge in [0.2, 0.25) is 11.8 Å². The summed E-state index contributed by atoms with van der Waals surface area (Å²) in [6.45, 7) is 4.72. The average Bonchev–Trinajstić information content (AvgIpc) is 2.66. The molecular weight excluding hydrogens is 290 g/mol. The van der Waals surface area contributed by atoms with Crippen molar-refractivity contribution in [2.45, 2.75) is 77.7 Å². The zero-order valence-electron chi connectivity index (χ0n) is 14.9. The standard InChI is InChI=1S/C18H35N3O2/c1-14(17(22)20-12-11-19)13-15(2)18(23)21-16-9-7-5-3-4-6-8-10-16/h14-16H,3-13,19H2,1-2H3,(H,20,22)(H,21,23)/t14-,15+/m1/s1. The first-order valence-electron chi connectivity index (χ1n) is 9.32. The van der Waals surface area contributed by atoms with Crippen molar-refractivity contribution < 1.29 is 9.59 Å². The lowest BCUT2D eigenvalue weighted by atomic mass is 9.95. The van der Waals surface area contributed by atoms with Crippen LogP contribution in [0.25, 0.3) is 0 Å². The molecule has 4 N–H and O–H groups in total. The highest BCUT2D eigenvalue weighted by molar-refractivity contribution is 5.81. The molecule has 0 unspecified atom stereocenters. The summed E-state index contributed by atoms with van der Waals surface area (Å²) in [4.78, 5) is 24.3. The molecule has 23 heavy (non-hydrogen) atoms. The van der Waals surface area contributed by atoms with Gasteiger partial charge in [-0.25, -0.2) is 0 Å². The maximum Gasteiger partial charge on any atom is 0.223 e. The van der Waals surface area contributed by atoms with Gasteiger partial charge in [-0.15, -0.1) is 0 Å². The van der Waals surface area contributed by atoms with E-state index >= 15 is 0 Å². The quantitative estimate of drug-likeness (QED) is 0.672. The number of carbonyl (C=O) groups is 2. The first kappa shape index (κ1) is 19.9. The lowest BCUT2D eigenvalue weighted by Gasteiger charge is -2.22. The Balaban J connectivity index is 2.37. The van der Waals surface area contributed by atoms with Gasteiger partial charge in [0.25, 0.3) is 0 Å². The van der Waals surface area contributed by atoms with E-state index in [1.807, 2.05) is 13.8 Å². The van der Waals surface area contributed by atoms with Crippen LogP contribution in [0.4, 0.5) is 0 Å². The average molecular weight is 325 g/mol. The third kappa shape index (κ3) is 8.35. The second-order valence-electron chi connectivity index (χ2n) is 7.02. The van der Waals surface area contributed by atoms with E-state index in [0.29, 0.717) is 25.6 Å². The molecule has 0 spiro atoms. The van der Waals surface area contributed by atoms with Gasteiger partial charge in [0.15, 0.2) is 0 Å². The summed E-state index contributed by atoms with van der Waals surface area (Å²) in [6, 6.07) is 0.310. The molecular formula is C18H35N3O2. The molecule has 0 heterocycles. The topological polar surface area (TPSA) is 84.2 Å². The maximum absolute atomic E-state index is 12.4. The Hall–Kier alpha value is -1.10. The molecule has 0 aromatic carbocycles. The summed E-state index contributed by atoms with van der Waals surface area (Å²) >= 11 is 0. The molecule has 1 aliphatic rings. The summed E-state index contributed by atoms with van der Waals surface area (Å²) in [7, 11) is 0. The Kier molecular flexibility index (Phi) is 9.92. The van der Waals surface area contributed by atoms with Crippen molar-refractivity contribution in [3.8, 4) is 0 Å². The molecule has 1 saturated carbocycles. The van der Waals surface area contributed by atoms with Gasteiger partial charge in [0.1, 0.15) is 0 Å². The molecule has 0 aliphatic heterocycles. The number of hydrogen-bond donors (Lipinski definition) is 3. The van der Waals surface area contributed by atoms with Crippen LogP contribution in [0.15, 0.2) is 0 Å². The van der Waals surface area contributed by atoms with Crippen LogP contribution in [0.5, 0.6) is 0 Å². The SMILES string of the molecule is C[C@H](C[C@H](C)C(=O)NC1CCCCCCCC1)C(=O)NCCN. The Morgan fingerprint density at radius 1 is 0.957 bits per heavy atom. The van der Waals surface area contributed by atoms with Crippen molar-refractivity contribution in [1.29, 1.82) is 0 Å². The third-order valence-corrected chi connectivity index (χ3v) is 4.75. The molecule has 0 aromatic heterocycles. The highest BCUT2D eigenvalue weighted by Crippen LogP contribution is 2.18. The van der Waals surface area contributed by atoms with Crippen molar-refractivity contribution in [2.24, 2.45) is 17.6 Å². The fourth-order valence-corrected chi connectivity index (χ4v) is 3.23. The number of carbonyl (C=O) groups excluding carboxylic acids is 2. The van der Waals surface area contributed by atoms with Crippen LogP contribution >= 0.6 is 0 Å². The minimum absolute atomic E-state index is 0.0162. The monoisotopic (exact) mass is 325 g/mol. The van der Waals surface area contributed by atoms with Crippen LogP contribution in [0.3, 0.4) is 0 Å². The summed E-state index contributed by atoms with van der Waals surface area (Å²) in [6.07, 6.45) is 10.4. The van der Waals surface area contributed by atoms with Crippen LogP contribution < -0.4 is 16.4 Å². The van der Waals surface area contributed by atoms with Crippen molar-refractivity contribution in [1.82, 2.24) is 10.6 Å². The second-order valence-corrected chi connectivity index (χ2v) is 7.02. The predicted octanol–water partition coefficient (Wildman–Crippen LogP) is 2.34. The molecule has 1 fully saturated rings. The number of rotatable bonds is 7. The lowest BCUT2D eigenvalue weighted by molar-refractivity contribution is -0.128. The number of nitrogens with one attached hydrogen (secondary N) is 2. The normalized spacial score (nSPS) is 19.8. The Morgan fingerprint density at radius 3 is 2.04 bits per heavy atom. The molecule has 1 aliphatic carbocycles. The van der Waals surface area contributed by atoms with Crippen LogP contribution in [-0.2, 0) is 9.59 Å². The molecule has 134 valence electrons. The van der Waals surface area contributed by atoms with Crippen LogP contribution in [-0.4, -0.2) is 30.9 Å². The minimum atomic E-state index is -0.164. The molecule has 0 radical (unpaired) electrons. The van der Waals surface area contributed by atoms with E-state index in [9.17, 15) is 9.59 Å². The first-order valence-corrected chi connectivity index (χ1v) is 9.32. The predicted molar refractivity (Wildman–Crippen MR) is 93.9 cm³/mol. The maximum atomic E-state index is 12.4. The highest BCUT2D eigenvalue weighted by atomic mass is 16.2. The van der Waals surface area contributed by atoms with E-state index in [-0.39, 0.29) is 23.7 Å². The van der Waals surface area contributed by atoms with Crippen LogP contribution in [0.1, 0.15) is 71.6 Å². The van der Waals surface area contributed by atoms with E-state index in [1.54, 1.807) is 0 Å². The molecule has 0 saturated heterocycles. The van der Waals surface area contributed by atoms with Gasteiger partial charge >= 0.3 is 0 Å². The minimum Gasteiger partial charge on any atom is -0.355 e. The van der Waals surface area contributed by atoms with Crippen LogP contribution in [0.2, 0.25) is 0 Å². The molecule has 5 heteroatoms. The Labute approximate surface area is 141 Å². The Morgan fingerprint density at radius 2 is 1.48 bits per heavy atom. The molecule has 0 aromatic rings. The van der Waals surface area contributed by atoms with Gasteiger partial charge in [-0.1, -0.05) is 52.4 Å². The summed E-state index contributed by atoms with van der Waals surface area (Å²) in [5, 5.41) is 6.00. The van der Waals surface area contributed by atoms with Gasteiger partial charge in [0, 0.05) is 31.0 Å². The van der Waals surface area contributed by atoms with E-state index < -0.39 is 0 Å². The molecule has 1 rings (SSSR count). The van der Waals surface area contributed by atoms with Crippen molar-refractivity contribution >= 4 is 11.8 Å². The zero-order chi connectivity index (χ0) is 17.1. The van der Waals surface area contributed by atoms with Crippen molar-refractivity contribution in [3.05, 3.63) is 0 Å². The largest absolute Gasteiger partial charge is 0.355 e. The van der Waals surface area contributed by atoms with Crippen molar-refractivity contribution in [3.63, 3.8) is 0 Å². The van der Waals surface area contributed by atoms with E-state index in [1.165, 1.54) is 38.5 Å². The van der Waals surface area contributed by atoms with Gasteiger partial charge in [-0.3, -0.25) is 9.59 Å². The number of amides is 2. The summed E-state index contributed by atoms with van der Waals surface area (Å²) < 4.78 is 0. The second kappa shape index (κ2) is 11.4. The van der Waals surface area contributed by atoms with Crippen LogP contribution in [0, 0.1) is 11.8 Å². The van der Waals surface area contributed by atoms with E-state index in [0.717, 1.165) is 12.8 Å². The van der Waals surface area contributed by atoms with E-state index in [4.69, 9.17) is 5.73 Å². The van der Waals surface area contributed by atoms with Crippen molar-refractivity contribution in [2.75, 3.05) is 13.1 Å². The fourth-order valence-electron chi connectivity index (χ4n) is 3.23. The smallest absolute Gasteiger partial charge is 0.223 e. The summed E-state index contributed by atoms with van der Waals surface area (Å²) in [5.74, 6) is -0.227. The zero-order valence-corrected chi connectivity index (χ0v) is 14.9. The first-order chi connectivity index (χ1) is 11.0. The van der Waals surface area contributed by atoms with E-state index in [2.05, 4.69) is 10.6 Å². The molecule has 2 amide bonds. The lowest BCUT2D eigenvalue weighted by Crippen LogP contribution is -2.40. The number of hydrogen-bond acceptors (Lipinski definition) is 3. The third-order valence-electron chi connectivity index (χ3n) is 4.75.